The molecule has 1 aliphatic rings. The van der Waals surface area contributed by atoms with Crippen LogP contribution in [0.15, 0.2) is 0 Å². The maximum absolute atomic E-state index is 12.3. The summed E-state index contributed by atoms with van der Waals surface area (Å²) < 4.78 is 9.84. The lowest BCUT2D eigenvalue weighted by atomic mass is 9.77. The summed E-state index contributed by atoms with van der Waals surface area (Å²) >= 11 is 0. The van der Waals surface area contributed by atoms with Gasteiger partial charge in [0.05, 0.1) is 20.0 Å². The summed E-state index contributed by atoms with van der Waals surface area (Å²) in [4.78, 5) is 35.3. The number of methoxy groups -OCH3 is 1. The van der Waals surface area contributed by atoms with Crippen LogP contribution in [0.25, 0.3) is 0 Å². The van der Waals surface area contributed by atoms with E-state index < -0.39 is 5.60 Å². The van der Waals surface area contributed by atoms with Gasteiger partial charge in [-0.1, -0.05) is 6.42 Å². The van der Waals surface area contributed by atoms with Crippen LogP contribution in [0.5, 0.6) is 0 Å². The molecule has 114 valence electrons. The lowest BCUT2D eigenvalue weighted by Gasteiger charge is -2.28. The number of ether oxygens (including phenoxy) is 2. The minimum absolute atomic E-state index is 0.00694. The molecule has 0 aromatic carbocycles. The van der Waals surface area contributed by atoms with Gasteiger partial charge >= 0.3 is 11.9 Å². The van der Waals surface area contributed by atoms with Crippen LogP contribution in [0, 0.1) is 11.8 Å². The maximum atomic E-state index is 12.3. The van der Waals surface area contributed by atoms with Gasteiger partial charge in [-0.15, -0.1) is 0 Å². The Labute approximate surface area is 120 Å². The molecular weight excluding hydrogens is 260 g/mol. The number of Topliss-reactive ketones (excluding diaryl/α,β-unsaturated/α-hetero) is 1. The molecule has 1 fully saturated rings. The molecule has 5 nitrogen and oxygen atoms in total. The summed E-state index contributed by atoms with van der Waals surface area (Å²) in [7, 11) is 1.31. The molecule has 5 heteroatoms. The van der Waals surface area contributed by atoms with Crippen molar-refractivity contribution in [1.29, 1.82) is 0 Å². The normalized spacial score (nSPS) is 23.3. The van der Waals surface area contributed by atoms with Gasteiger partial charge in [-0.3, -0.25) is 14.4 Å². The Morgan fingerprint density at radius 1 is 1.10 bits per heavy atom. The lowest BCUT2D eigenvalue weighted by molar-refractivity contribution is -0.158. The summed E-state index contributed by atoms with van der Waals surface area (Å²) in [6.45, 7) is 5.40. The van der Waals surface area contributed by atoms with Crippen LogP contribution in [0.3, 0.4) is 0 Å². The van der Waals surface area contributed by atoms with Crippen molar-refractivity contribution in [2.24, 2.45) is 11.8 Å². The van der Waals surface area contributed by atoms with Gasteiger partial charge in [0.1, 0.15) is 11.4 Å². The van der Waals surface area contributed by atoms with Crippen LogP contribution in [-0.2, 0) is 23.9 Å². The molecule has 0 radical (unpaired) electrons. The molecule has 0 heterocycles. The summed E-state index contributed by atoms with van der Waals surface area (Å²) in [5.41, 5.74) is -0.541. The van der Waals surface area contributed by atoms with E-state index in [0.29, 0.717) is 12.8 Å². The standard InChI is InChI=1S/C15H24O5/c1-15(2,3)20-13(17)9-11-7-5-6-10(14(11)18)8-12(16)19-4/h10-11H,5-9H2,1-4H3. The zero-order valence-electron chi connectivity index (χ0n) is 12.7. The Bertz CT molecular complexity index is 380. The van der Waals surface area contributed by atoms with Crippen molar-refractivity contribution in [1.82, 2.24) is 0 Å². The third-order valence-corrected chi connectivity index (χ3v) is 3.38. The number of rotatable bonds is 4. The molecule has 1 saturated carbocycles. The molecule has 1 aliphatic carbocycles. The predicted octanol–water partition coefficient (Wildman–Crippen LogP) is 2.27. The van der Waals surface area contributed by atoms with Crippen molar-refractivity contribution in [2.45, 2.75) is 58.5 Å². The SMILES string of the molecule is COC(=O)CC1CCCC(CC(=O)OC(C)(C)C)C1=O. The fourth-order valence-electron chi connectivity index (χ4n) is 2.50. The monoisotopic (exact) mass is 284 g/mol. The zero-order chi connectivity index (χ0) is 15.3. The van der Waals surface area contributed by atoms with Gasteiger partial charge in [-0.05, 0) is 33.6 Å². The number of carbonyl (C=O) groups is 3. The molecule has 0 aromatic heterocycles. The van der Waals surface area contributed by atoms with E-state index in [0.717, 1.165) is 6.42 Å². The molecule has 0 amide bonds. The van der Waals surface area contributed by atoms with Crippen LogP contribution in [0.4, 0.5) is 0 Å². The van der Waals surface area contributed by atoms with E-state index in [1.54, 1.807) is 20.8 Å². The minimum Gasteiger partial charge on any atom is -0.469 e. The molecule has 0 bridgehead atoms. The Kier molecular flexibility index (Phi) is 5.72. The fraction of sp³-hybridized carbons (Fsp3) is 0.800. The zero-order valence-corrected chi connectivity index (χ0v) is 12.7. The Balaban J connectivity index is 2.56. The molecule has 20 heavy (non-hydrogen) atoms. The van der Waals surface area contributed by atoms with Crippen molar-refractivity contribution in [3.05, 3.63) is 0 Å². The highest BCUT2D eigenvalue weighted by atomic mass is 16.6. The molecule has 2 unspecified atom stereocenters. The molecule has 2 atom stereocenters. The second-order valence-corrected chi connectivity index (χ2v) is 6.30. The van der Waals surface area contributed by atoms with Crippen molar-refractivity contribution in [2.75, 3.05) is 7.11 Å². The van der Waals surface area contributed by atoms with Gasteiger partial charge < -0.3 is 9.47 Å². The first-order valence-electron chi connectivity index (χ1n) is 7.05. The van der Waals surface area contributed by atoms with Crippen LogP contribution in [0.1, 0.15) is 52.9 Å². The molecule has 0 aromatic rings. The number of hydrogen-bond donors (Lipinski definition) is 0. The topological polar surface area (TPSA) is 69.7 Å². The second-order valence-electron chi connectivity index (χ2n) is 6.30. The first-order valence-corrected chi connectivity index (χ1v) is 7.05. The summed E-state index contributed by atoms with van der Waals surface area (Å²) in [5, 5.41) is 0. The van der Waals surface area contributed by atoms with Gasteiger partial charge in [-0.25, -0.2) is 0 Å². The van der Waals surface area contributed by atoms with Crippen LogP contribution in [-0.4, -0.2) is 30.4 Å². The highest BCUT2D eigenvalue weighted by Crippen LogP contribution is 2.30. The van der Waals surface area contributed by atoms with Crippen LogP contribution < -0.4 is 0 Å². The summed E-state index contributed by atoms with van der Waals surface area (Å²) in [5.74, 6) is -1.37. The number of ketones is 1. The maximum Gasteiger partial charge on any atom is 0.307 e. The smallest absolute Gasteiger partial charge is 0.307 e. The predicted molar refractivity (Wildman–Crippen MR) is 72.9 cm³/mol. The van der Waals surface area contributed by atoms with Crippen LogP contribution >= 0.6 is 0 Å². The van der Waals surface area contributed by atoms with Crippen LogP contribution in [0.2, 0.25) is 0 Å². The van der Waals surface area contributed by atoms with Gasteiger partial charge in [0, 0.05) is 11.8 Å². The molecule has 0 saturated heterocycles. The highest BCUT2D eigenvalue weighted by Gasteiger charge is 2.34. The first-order chi connectivity index (χ1) is 9.23. The fourth-order valence-corrected chi connectivity index (χ4v) is 2.50. The first kappa shape index (κ1) is 16.7. The lowest BCUT2D eigenvalue weighted by Crippen LogP contribution is -2.33. The van der Waals surface area contributed by atoms with Crippen molar-refractivity contribution >= 4 is 17.7 Å². The van der Waals surface area contributed by atoms with Gasteiger partial charge in [0.2, 0.25) is 0 Å². The molecule has 1 rings (SSSR count). The third-order valence-electron chi connectivity index (χ3n) is 3.38. The summed E-state index contributed by atoms with van der Waals surface area (Å²) in [6, 6.07) is 0. The Morgan fingerprint density at radius 2 is 1.60 bits per heavy atom. The van der Waals surface area contributed by atoms with E-state index in [2.05, 4.69) is 4.74 Å². The Morgan fingerprint density at radius 3 is 2.05 bits per heavy atom. The molecular formula is C15H24O5. The average Bonchev–Trinajstić information content (AvgIpc) is 2.31. The molecule has 0 N–H and O–H groups in total. The Hall–Kier alpha value is -1.39. The van der Waals surface area contributed by atoms with Gasteiger partial charge in [0.25, 0.3) is 0 Å². The number of esters is 2. The van der Waals surface area contributed by atoms with E-state index in [9.17, 15) is 14.4 Å². The second kappa shape index (κ2) is 6.86. The molecule has 0 aliphatic heterocycles. The van der Waals surface area contributed by atoms with Gasteiger partial charge in [0.15, 0.2) is 0 Å². The average molecular weight is 284 g/mol. The quantitative estimate of drug-likeness (QED) is 0.741. The van der Waals surface area contributed by atoms with E-state index in [4.69, 9.17) is 4.74 Å². The van der Waals surface area contributed by atoms with Gasteiger partial charge in [-0.2, -0.15) is 0 Å². The van der Waals surface area contributed by atoms with Crippen molar-refractivity contribution in [3.63, 3.8) is 0 Å². The minimum atomic E-state index is -0.541. The highest BCUT2D eigenvalue weighted by molar-refractivity contribution is 5.90. The number of hydrogen-bond acceptors (Lipinski definition) is 5. The van der Waals surface area contributed by atoms with E-state index >= 15 is 0 Å². The van der Waals surface area contributed by atoms with E-state index in [1.165, 1.54) is 7.11 Å². The van der Waals surface area contributed by atoms with E-state index in [1.807, 2.05) is 0 Å². The number of carbonyl (C=O) groups excluding carboxylic acids is 3. The third kappa shape index (κ3) is 5.31. The van der Waals surface area contributed by atoms with Crippen molar-refractivity contribution < 1.29 is 23.9 Å². The largest absolute Gasteiger partial charge is 0.469 e. The van der Waals surface area contributed by atoms with E-state index in [-0.39, 0.29) is 42.4 Å². The molecule has 0 spiro atoms. The summed E-state index contributed by atoms with van der Waals surface area (Å²) in [6.07, 6.45) is 2.45. The van der Waals surface area contributed by atoms with Crippen molar-refractivity contribution in [3.8, 4) is 0 Å².